The number of ether oxygens (including phenoxy) is 3. The molecule has 2 aromatic rings. The van der Waals surface area contributed by atoms with Crippen LogP contribution in [-0.4, -0.2) is 57.6 Å². The van der Waals surface area contributed by atoms with E-state index in [2.05, 4.69) is 5.32 Å². The summed E-state index contributed by atoms with van der Waals surface area (Å²) >= 11 is 0. The Balaban J connectivity index is 1.47. The largest absolute Gasteiger partial charge is 0.485 e. The second kappa shape index (κ2) is 7.78. The monoisotopic (exact) mass is 404 g/mol. The van der Waals surface area contributed by atoms with Gasteiger partial charge in [0.05, 0.1) is 18.1 Å². The van der Waals surface area contributed by atoms with Crippen molar-refractivity contribution < 1.29 is 27.4 Å². The lowest BCUT2D eigenvalue weighted by Gasteiger charge is -2.26. The number of carbonyl (C=O) groups excluding carboxylic acids is 1. The second-order valence-electron chi connectivity index (χ2n) is 6.40. The van der Waals surface area contributed by atoms with E-state index < -0.39 is 22.0 Å². The van der Waals surface area contributed by atoms with E-state index in [1.165, 1.54) is 16.4 Å². The molecule has 0 bridgehead atoms. The molecule has 1 atom stereocenters. The predicted octanol–water partition coefficient (Wildman–Crippen LogP) is 1.49. The van der Waals surface area contributed by atoms with Crippen molar-refractivity contribution in [2.45, 2.75) is 11.0 Å². The number of hydrogen-bond acceptors (Lipinski definition) is 6. The van der Waals surface area contributed by atoms with Crippen LogP contribution in [0.25, 0.3) is 0 Å². The SMILES string of the molecule is O=C(Nc1cccc(S(=O)(=O)N2CCOCC2)c1)[C@@H]1COc2ccccc2O1. The van der Waals surface area contributed by atoms with Crippen molar-refractivity contribution in [2.24, 2.45) is 0 Å². The van der Waals surface area contributed by atoms with Crippen LogP contribution in [-0.2, 0) is 19.6 Å². The quantitative estimate of drug-likeness (QED) is 0.830. The minimum absolute atomic E-state index is 0.0780. The summed E-state index contributed by atoms with van der Waals surface area (Å²) in [4.78, 5) is 12.7. The van der Waals surface area contributed by atoms with Gasteiger partial charge >= 0.3 is 0 Å². The number of para-hydroxylation sites is 2. The molecule has 0 spiro atoms. The zero-order valence-electron chi connectivity index (χ0n) is 15.0. The van der Waals surface area contributed by atoms with Crippen LogP contribution in [0.2, 0.25) is 0 Å². The molecule has 1 fully saturated rings. The Morgan fingerprint density at radius 2 is 1.79 bits per heavy atom. The van der Waals surface area contributed by atoms with E-state index in [1.54, 1.807) is 30.3 Å². The van der Waals surface area contributed by atoms with E-state index in [4.69, 9.17) is 14.2 Å². The molecule has 2 aromatic carbocycles. The van der Waals surface area contributed by atoms with Crippen LogP contribution in [0.1, 0.15) is 0 Å². The van der Waals surface area contributed by atoms with Gasteiger partial charge in [0.1, 0.15) is 6.61 Å². The highest BCUT2D eigenvalue weighted by Gasteiger charge is 2.29. The van der Waals surface area contributed by atoms with Crippen LogP contribution in [0.3, 0.4) is 0 Å². The van der Waals surface area contributed by atoms with E-state index in [1.807, 2.05) is 6.07 Å². The van der Waals surface area contributed by atoms with Crippen LogP contribution in [0.5, 0.6) is 11.5 Å². The number of amides is 1. The van der Waals surface area contributed by atoms with Gasteiger partial charge in [-0.25, -0.2) is 8.42 Å². The number of nitrogens with zero attached hydrogens (tertiary/aromatic N) is 1. The topological polar surface area (TPSA) is 94.2 Å². The Kier molecular flexibility index (Phi) is 5.21. The van der Waals surface area contributed by atoms with E-state index in [0.717, 1.165) is 0 Å². The molecule has 0 saturated carbocycles. The highest BCUT2D eigenvalue weighted by molar-refractivity contribution is 7.89. The summed E-state index contributed by atoms with van der Waals surface area (Å²) in [5.41, 5.74) is 0.377. The average Bonchev–Trinajstić information content (AvgIpc) is 2.74. The van der Waals surface area contributed by atoms with Crippen molar-refractivity contribution in [3.8, 4) is 11.5 Å². The first kappa shape index (κ1) is 18.7. The van der Waals surface area contributed by atoms with Crippen LogP contribution in [0.15, 0.2) is 53.4 Å². The minimum atomic E-state index is -3.64. The molecule has 1 amide bonds. The molecule has 4 rings (SSSR count). The van der Waals surface area contributed by atoms with Gasteiger partial charge in [0, 0.05) is 18.8 Å². The summed E-state index contributed by atoms with van der Waals surface area (Å²) in [6.45, 7) is 1.44. The van der Waals surface area contributed by atoms with Gasteiger partial charge in [-0.2, -0.15) is 4.31 Å². The maximum Gasteiger partial charge on any atom is 0.269 e. The molecule has 1 saturated heterocycles. The smallest absolute Gasteiger partial charge is 0.269 e. The second-order valence-corrected chi connectivity index (χ2v) is 8.34. The number of anilines is 1. The normalized spacial score (nSPS) is 19.8. The van der Waals surface area contributed by atoms with Gasteiger partial charge < -0.3 is 19.5 Å². The molecule has 0 unspecified atom stereocenters. The highest BCUT2D eigenvalue weighted by atomic mass is 32.2. The summed E-state index contributed by atoms with van der Waals surface area (Å²) in [6, 6.07) is 13.3. The van der Waals surface area contributed by atoms with E-state index in [9.17, 15) is 13.2 Å². The number of nitrogens with one attached hydrogen (secondary N) is 1. The molecule has 0 radical (unpaired) electrons. The summed E-state index contributed by atoms with van der Waals surface area (Å²) in [5, 5.41) is 2.71. The van der Waals surface area contributed by atoms with Crippen molar-refractivity contribution in [3.63, 3.8) is 0 Å². The molecule has 0 aromatic heterocycles. The number of sulfonamides is 1. The lowest BCUT2D eigenvalue weighted by atomic mass is 10.2. The first-order valence-corrected chi connectivity index (χ1v) is 10.4. The number of hydrogen-bond donors (Lipinski definition) is 1. The molecule has 0 aliphatic carbocycles. The first-order valence-electron chi connectivity index (χ1n) is 8.91. The number of rotatable bonds is 4. The molecular formula is C19H20N2O6S. The standard InChI is InChI=1S/C19H20N2O6S/c22-19(18-13-26-16-6-1-2-7-17(16)27-18)20-14-4-3-5-15(12-14)28(23,24)21-8-10-25-11-9-21/h1-7,12,18H,8-11,13H2,(H,20,22)/t18-/m0/s1. The van der Waals surface area contributed by atoms with E-state index in [0.29, 0.717) is 43.5 Å². The summed E-state index contributed by atoms with van der Waals surface area (Å²) in [7, 11) is -3.64. The third-order valence-electron chi connectivity index (χ3n) is 4.51. The van der Waals surface area contributed by atoms with Crippen molar-refractivity contribution in [3.05, 3.63) is 48.5 Å². The Bertz CT molecular complexity index is 972. The molecule has 2 heterocycles. The number of fused-ring (bicyclic) bond motifs is 1. The van der Waals surface area contributed by atoms with E-state index in [-0.39, 0.29) is 11.5 Å². The van der Waals surface area contributed by atoms with Crippen LogP contribution < -0.4 is 14.8 Å². The number of benzene rings is 2. The molecule has 2 aliphatic heterocycles. The third-order valence-corrected chi connectivity index (χ3v) is 6.41. The summed E-state index contributed by atoms with van der Waals surface area (Å²) in [5.74, 6) is 0.679. The molecule has 9 heteroatoms. The van der Waals surface area contributed by atoms with Crippen molar-refractivity contribution in [1.82, 2.24) is 4.31 Å². The Morgan fingerprint density at radius 3 is 2.57 bits per heavy atom. The summed E-state index contributed by atoms with van der Waals surface area (Å²) < 4.78 is 43.4. The molecule has 1 N–H and O–H groups in total. The van der Waals surface area contributed by atoms with Gasteiger partial charge in [-0.05, 0) is 30.3 Å². The maximum absolute atomic E-state index is 12.8. The highest BCUT2D eigenvalue weighted by Crippen LogP contribution is 2.31. The van der Waals surface area contributed by atoms with Gasteiger partial charge in [0.25, 0.3) is 5.91 Å². The fourth-order valence-corrected chi connectivity index (χ4v) is 4.50. The van der Waals surface area contributed by atoms with Crippen LogP contribution >= 0.6 is 0 Å². The summed E-state index contributed by atoms with van der Waals surface area (Å²) in [6.07, 6.45) is -0.825. The van der Waals surface area contributed by atoms with Gasteiger partial charge in [0.2, 0.25) is 16.1 Å². The van der Waals surface area contributed by atoms with Crippen LogP contribution in [0.4, 0.5) is 5.69 Å². The van der Waals surface area contributed by atoms with Crippen molar-refractivity contribution in [1.29, 1.82) is 0 Å². The Hall–Kier alpha value is -2.62. The Morgan fingerprint density at radius 1 is 1.04 bits per heavy atom. The first-order chi connectivity index (χ1) is 13.5. The molecule has 28 heavy (non-hydrogen) atoms. The lowest BCUT2D eigenvalue weighted by Crippen LogP contribution is -2.41. The molecular weight excluding hydrogens is 384 g/mol. The average molecular weight is 404 g/mol. The van der Waals surface area contributed by atoms with Gasteiger partial charge in [-0.15, -0.1) is 0 Å². The molecule has 2 aliphatic rings. The third kappa shape index (κ3) is 3.82. The fraction of sp³-hybridized carbons (Fsp3) is 0.316. The van der Waals surface area contributed by atoms with E-state index >= 15 is 0 Å². The maximum atomic E-state index is 12.8. The van der Waals surface area contributed by atoms with Crippen molar-refractivity contribution >= 4 is 21.6 Å². The minimum Gasteiger partial charge on any atom is -0.485 e. The fourth-order valence-electron chi connectivity index (χ4n) is 3.04. The number of carbonyl (C=O) groups is 1. The van der Waals surface area contributed by atoms with Gasteiger partial charge in [-0.3, -0.25) is 4.79 Å². The van der Waals surface area contributed by atoms with Crippen LogP contribution in [0, 0.1) is 0 Å². The van der Waals surface area contributed by atoms with Gasteiger partial charge in [-0.1, -0.05) is 18.2 Å². The zero-order valence-corrected chi connectivity index (χ0v) is 15.9. The lowest BCUT2D eigenvalue weighted by molar-refractivity contribution is -0.125. The molecule has 8 nitrogen and oxygen atoms in total. The van der Waals surface area contributed by atoms with Gasteiger partial charge in [0.15, 0.2) is 11.5 Å². The number of morpholine rings is 1. The predicted molar refractivity (Wildman–Crippen MR) is 101 cm³/mol. The van der Waals surface area contributed by atoms with Crippen molar-refractivity contribution in [2.75, 3.05) is 38.2 Å². The Labute approximate surface area is 163 Å². The zero-order chi connectivity index (χ0) is 19.6. The molecule has 148 valence electrons.